The number of para-hydroxylation sites is 1. The maximum absolute atomic E-state index is 6.00. The van der Waals surface area contributed by atoms with E-state index in [0.29, 0.717) is 0 Å². The van der Waals surface area contributed by atoms with Crippen molar-refractivity contribution in [3.05, 3.63) is 23.8 Å². The lowest BCUT2D eigenvalue weighted by molar-refractivity contribution is 0.314. The average Bonchev–Trinajstić information content (AvgIpc) is 2.13. The SMILES string of the molecule is COc1cccc(CC2CCC2)c1N. The Morgan fingerprint density at radius 2 is 2.21 bits per heavy atom. The van der Waals surface area contributed by atoms with Crippen molar-refractivity contribution in [2.24, 2.45) is 5.92 Å². The second kappa shape index (κ2) is 3.91. The highest BCUT2D eigenvalue weighted by Crippen LogP contribution is 2.33. The molecular weight excluding hydrogens is 174 g/mol. The molecule has 0 unspecified atom stereocenters. The zero-order chi connectivity index (χ0) is 9.97. The fourth-order valence-electron chi connectivity index (χ4n) is 1.95. The molecule has 1 aromatic carbocycles. The number of benzene rings is 1. The van der Waals surface area contributed by atoms with Gasteiger partial charge >= 0.3 is 0 Å². The molecule has 0 spiro atoms. The van der Waals surface area contributed by atoms with Gasteiger partial charge in [-0.2, -0.15) is 0 Å². The molecule has 1 fully saturated rings. The normalized spacial score (nSPS) is 16.4. The second-order valence-corrected chi connectivity index (χ2v) is 4.03. The molecule has 76 valence electrons. The van der Waals surface area contributed by atoms with Gasteiger partial charge < -0.3 is 10.5 Å². The molecule has 0 heterocycles. The molecule has 0 bridgehead atoms. The first-order valence-corrected chi connectivity index (χ1v) is 5.22. The third-order valence-electron chi connectivity index (χ3n) is 3.11. The van der Waals surface area contributed by atoms with Gasteiger partial charge in [0, 0.05) is 0 Å². The molecule has 2 rings (SSSR count). The van der Waals surface area contributed by atoms with Gasteiger partial charge in [-0.05, 0) is 24.0 Å². The minimum absolute atomic E-state index is 0.807. The molecule has 2 N–H and O–H groups in total. The summed E-state index contributed by atoms with van der Waals surface area (Å²) >= 11 is 0. The van der Waals surface area contributed by atoms with Gasteiger partial charge in [0.15, 0.2) is 0 Å². The summed E-state index contributed by atoms with van der Waals surface area (Å²) < 4.78 is 5.19. The van der Waals surface area contributed by atoms with Crippen molar-refractivity contribution >= 4 is 5.69 Å². The van der Waals surface area contributed by atoms with Gasteiger partial charge in [-0.1, -0.05) is 31.4 Å². The van der Waals surface area contributed by atoms with Crippen molar-refractivity contribution in [1.29, 1.82) is 0 Å². The first-order valence-electron chi connectivity index (χ1n) is 5.22. The quantitative estimate of drug-likeness (QED) is 0.745. The number of anilines is 1. The van der Waals surface area contributed by atoms with Crippen molar-refractivity contribution < 1.29 is 4.74 Å². The summed E-state index contributed by atoms with van der Waals surface area (Å²) in [6, 6.07) is 6.04. The van der Waals surface area contributed by atoms with Crippen LogP contribution in [0.15, 0.2) is 18.2 Å². The van der Waals surface area contributed by atoms with E-state index in [2.05, 4.69) is 6.07 Å². The summed E-state index contributed by atoms with van der Waals surface area (Å²) in [4.78, 5) is 0. The summed E-state index contributed by atoms with van der Waals surface area (Å²) in [7, 11) is 1.67. The first kappa shape index (κ1) is 9.38. The Hall–Kier alpha value is -1.18. The summed E-state index contributed by atoms with van der Waals surface area (Å²) in [5, 5.41) is 0. The topological polar surface area (TPSA) is 35.2 Å². The molecule has 1 aromatic rings. The maximum Gasteiger partial charge on any atom is 0.142 e. The predicted molar refractivity (Wildman–Crippen MR) is 58.5 cm³/mol. The third kappa shape index (κ3) is 1.69. The van der Waals surface area contributed by atoms with Crippen molar-refractivity contribution in [2.75, 3.05) is 12.8 Å². The number of methoxy groups -OCH3 is 1. The van der Waals surface area contributed by atoms with Gasteiger partial charge in [0.05, 0.1) is 12.8 Å². The summed E-state index contributed by atoms with van der Waals surface area (Å²) in [5.74, 6) is 1.66. The fourth-order valence-corrected chi connectivity index (χ4v) is 1.95. The van der Waals surface area contributed by atoms with Gasteiger partial charge in [0.25, 0.3) is 0 Å². The molecule has 1 aliphatic rings. The number of ether oxygens (including phenoxy) is 1. The number of hydrogen-bond donors (Lipinski definition) is 1. The Balaban J connectivity index is 2.15. The van der Waals surface area contributed by atoms with Gasteiger partial charge in [-0.15, -0.1) is 0 Å². The Kier molecular flexibility index (Phi) is 2.62. The maximum atomic E-state index is 6.00. The van der Waals surface area contributed by atoms with Gasteiger partial charge in [-0.25, -0.2) is 0 Å². The lowest BCUT2D eigenvalue weighted by Gasteiger charge is -2.26. The number of rotatable bonds is 3. The Morgan fingerprint density at radius 3 is 2.79 bits per heavy atom. The molecule has 0 aliphatic heterocycles. The number of nitrogens with two attached hydrogens (primary N) is 1. The highest BCUT2D eigenvalue weighted by molar-refractivity contribution is 5.58. The molecular formula is C12H17NO. The van der Waals surface area contributed by atoms with Crippen LogP contribution in [-0.4, -0.2) is 7.11 Å². The van der Waals surface area contributed by atoms with Crippen LogP contribution in [0, 0.1) is 5.92 Å². The Morgan fingerprint density at radius 1 is 1.43 bits per heavy atom. The molecule has 0 saturated heterocycles. The lowest BCUT2D eigenvalue weighted by atomic mass is 9.80. The smallest absolute Gasteiger partial charge is 0.142 e. The molecule has 1 aliphatic carbocycles. The number of hydrogen-bond acceptors (Lipinski definition) is 2. The van der Waals surface area contributed by atoms with E-state index < -0.39 is 0 Å². The molecule has 14 heavy (non-hydrogen) atoms. The van der Waals surface area contributed by atoms with E-state index in [1.165, 1.54) is 24.8 Å². The number of nitrogen functional groups attached to an aromatic ring is 1. The van der Waals surface area contributed by atoms with Crippen molar-refractivity contribution in [3.8, 4) is 5.75 Å². The zero-order valence-electron chi connectivity index (χ0n) is 8.62. The van der Waals surface area contributed by atoms with E-state index in [4.69, 9.17) is 10.5 Å². The largest absolute Gasteiger partial charge is 0.495 e. The Bertz CT molecular complexity index is 318. The summed E-state index contributed by atoms with van der Waals surface area (Å²) in [6.45, 7) is 0. The van der Waals surface area contributed by atoms with E-state index in [9.17, 15) is 0 Å². The summed E-state index contributed by atoms with van der Waals surface area (Å²) in [5.41, 5.74) is 8.06. The molecule has 1 saturated carbocycles. The monoisotopic (exact) mass is 191 g/mol. The summed E-state index contributed by atoms with van der Waals surface area (Å²) in [6.07, 6.45) is 5.21. The van der Waals surface area contributed by atoms with Crippen molar-refractivity contribution in [2.45, 2.75) is 25.7 Å². The van der Waals surface area contributed by atoms with Crippen molar-refractivity contribution in [1.82, 2.24) is 0 Å². The van der Waals surface area contributed by atoms with Gasteiger partial charge in [-0.3, -0.25) is 0 Å². The van der Waals surface area contributed by atoms with E-state index in [-0.39, 0.29) is 0 Å². The van der Waals surface area contributed by atoms with Crippen LogP contribution < -0.4 is 10.5 Å². The molecule has 0 amide bonds. The van der Waals surface area contributed by atoms with E-state index in [1.807, 2.05) is 12.1 Å². The molecule has 0 atom stereocenters. The minimum Gasteiger partial charge on any atom is -0.495 e. The molecule has 0 aromatic heterocycles. The lowest BCUT2D eigenvalue weighted by Crippen LogP contribution is -2.14. The standard InChI is InChI=1S/C12H17NO/c1-14-11-7-3-6-10(12(11)13)8-9-4-2-5-9/h3,6-7,9H,2,4-5,8,13H2,1H3. The van der Waals surface area contributed by atoms with Crippen LogP contribution in [0.25, 0.3) is 0 Å². The van der Waals surface area contributed by atoms with E-state index in [0.717, 1.165) is 23.8 Å². The van der Waals surface area contributed by atoms with Gasteiger partial charge in [0.2, 0.25) is 0 Å². The second-order valence-electron chi connectivity index (χ2n) is 4.03. The molecule has 2 nitrogen and oxygen atoms in total. The van der Waals surface area contributed by atoms with Crippen LogP contribution in [0.3, 0.4) is 0 Å². The van der Waals surface area contributed by atoms with Crippen LogP contribution in [-0.2, 0) is 6.42 Å². The fraction of sp³-hybridized carbons (Fsp3) is 0.500. The van der Waals surface area contributed by atoms with E-state index >= 15 is 0 Å². The Labute approximate surface area is 85.1 Å². The van der Waals surface area contributed by atoms with Gasteiger partial charge in [0.1, 0.15) is 5.75 Å². The van der Waals surface area contributed by atoms with Crippen LogP contribution in [0.1, 0.15) is 24.8 Å². The molecule has 0 radical (unpaired) electrons. The minimum atomic E-state index is 0.807. The van der Waals surface area contributed by atoms with Crippen LogP contribution in [0.2, 0.25) is 0 Å². The first-order chi connectivity index (χ1) is 6.81. The average molecular weight is 191 g/mol. The zero-order valence-corrected chi connectivity index (χ0v) is 8.62. The third-order valence-corrected chi connectivity index (χ3v) is 3.11. The molecule has 2 heteroatoms. The predicted octanol–water partition coefficient (Wildman–Crippen LogP) is 2.62. The van der Waals surface area contributed by atoms with Crippen LogP contribution in [0.5, 0.6) is 5.75 Å². The van der Waals surface area contributed by atoms with Crippen LogP contribution in [0.4, 0.5) is 5.69 Å². The van der Waals surface area contributed by atoms with Crippen molar-refractivity contribution in [3.63, 3.8) is 0 Å². The highest BCUT2D eigenvalue weighted by atomic mass is 16.5. The van der Waals surface area contributed by atoms with Crippen LogP contribution >= 0.6 is 0 Å². The highest BCUT2D eigenvalue weighted by Gasteiger charge is 2.19. The van der Waals surface area contributed by atoms with E-state index in [1.54, 1.807) is 7.11 Å².